The van der Waals surface area contributed by atoms with Crippen molar-refractivity contribution >= 4 is 5.97 Å². The lowest BCUT2D eigenvalue weighted by molar-refractivity contribution is -0.138. The molecule has 0 saturated carbocycles. The summed E-state index contributed by atoms with van der Waals surface area (Å²) in [5.74, 6) is 0.542. The summed E-state index contributed by atoms with van der Waals surface area (Å²) in [5, 5.41) is 8.67. The van der Waals surface area contributed by atoms with E-state index >= 15 is 0 Å². The first kappa shape index (κ1) is 13.2. The maximum Gasteiger partial charge on any atom is 0.307 e. The summed E-state index contributed by atoms with van der Waals surface area (Å²) in [7, 11) is 3.03. The molecule has 0 aromatic heterocycles. The quantitative estimate of drug-likeness (QED) is 0.823. The molecule has 0 amide bonds. The summed E-state index contributed by atoms with van der Waals surface area (Å²) in [5.41, 5.74) is 0. The van der Waals surface area contributed by atoms with E-state index in [2.05, 4.69) is 0 Å². The number of hydrogen-bond donors (Lipinski definition) is 1. The number of rotatable bonds is 6. The smallest absolute Gasteiger partial charge is 0.307 e. The highest BCUT2D eigenvalue weighted by atomic mass is 16.5. The van der Waals surface area contributed by atoms with Gasteiger partial charge in [-0.15, -0.1) is 0 Å². The van der Waals surface area contributed by atoms with Crippen LogP contribution < -0.4 is 14.2 Å². The fourth-order valence-electron chi connectivity index (χ4n) is 1.42. The molecule has 5 nitrogen and oxygen atoms in total. The third kappa shape index (κ3) is 3.55. The Bertz CT molecular complexity index is 366. The highest BCUT2D eigenvalue weighted by Crippen LogP contribution is 2.37. The second-order valence-electron chi connectivity index (χ2n) is 3.52. The van der Waals surface area contributed by atoms with E-state index < -0.39 is 12.1 Å². The van der Waals surface area contributed by atoms with E-state index in [1.165, 1.54) is 14.2 Å². The molecule has 0 unspecified atom stereocenters. The molecule has 5 heteroatoms. The molecule has 0 radical (unpaired) electrons. The van der Waals surface area contributed by atoms with E-state index in [4.69, 9.17) is 19.3 Å². The molecule has 0 heterocycles. The van der Waals surface area contributed by atoms with Crippen molar-refractivity contribution in [3.63, 3.8) is 0 Å². The Morgan fingerprint density at radius 2 is 1.82 bits per heavy atom. The molecule has 0 fully saturated rings. The van der Waals surface area contributed by atoms with Crippen molar-refractivity contribution < 1.29 is 24.1 Å². The third-order valence-corrected chi connectivity index (χ3v) is 2.16. The molecule has 0 bridgehead atoms. The normalized spacial score (nSPS) is 11.7. The number of carboxylic acids is 1. The molecule has 1 aromatic rings. The van der Waals surface area contributed by atoms with Crippen LogP contribution in [0, 0.1) is 0 Å². The van der Waals surface area contributed by atoms with Gasteiger partial charge in [-0.3, -0.25) is 4.79 Å². The van der Waals surface area contributed by atoms with Gasteiger partial charge >= 0.3 is 5.97 Å². The maximum atomic E-state index is 10.6. The minimum absolute atomic E-state index is 0.0821. The van der Waals surface area contributed by atoms with Gasteiger partial charge in [0.05, 0.1) is 20.6 Å². The van der Waals surface area contributed by atoms with Gasteiger partial charge < -0.3 is 19.3 Å². The summed E-state index contributed by atoms with van der Waals surface area (Å²) in [4.78, 5) is 10.6. The van der Waals surface area contributed by atoms with E-state index in [0.29, 0.717) is 17.2 Å². The zero-order valence-corrected chi connectivity index (χ0v) is 10.1. The molecule has 94 valence electrons. The third-order valence-electron chi connectivity index (χ3n) is 2.16. The molecular formula is C12H16O5. The van der Waals surface area contributed by atoms with Gasteiger partial charge in [-0.25, -0.2) is 0 Å². The zero-order chi connectivity index (χ0) is 12.8. The molecular weight excluding hydrogens is 224 g/mol. The van der Waals surface area contributed by atoms with Crippen LogP contribution in [0.3, 0.4) is 0 Å². The van der Waals surface area contributed by atoms with Crippen molar-refractivity contribution in [3.8, 4) is 17.2 Å². The van der Waals surface area contributed by atoms with Crippen molar-refractivity contribution in [2.45, 2.75) is 19.4 Å². The Morgan fingerprint density at radius 3 is 2.24 bits per heavy atom. The monoisotopic (exact) mass is 240 g/mol. The highest BCUT2D eigenvalue weighted by Gasteiger charge is 2.16. The first-order chi connectivity index (χ1) is 8.08. The van der Waals surface area contributed by atoms with Gasteiger partial charge in [0.25, 0.3) is 0 Å². The number of ether oxygens (including phenoxy) is 3. The average molecular weight is 240 g/mol. The lowest BCUT2D eigenvalue weighted by Crippen LogP contribution is -2.17. The Balaban J connectivity index is 2.90. The van der Waals surface area contributed by atoms with Crippen molar-refractivity contribution in [2.24, 2.45) is 0 Å². The number of carboxylic acid groups (broad SMARTS) is 1. The Hall–Kier alpha value is -1.91. The molecule has 1 atom stereocenters. The van der Waals surface area contributed by atoms with Crippen molar-refractivity contribution in [1.82, 2.24) is 0 Å². The fraction of sp³-hybridized carbons (Fsp3) is 0.417. The Kier molecular flexibility index (Phi) is 4.63. The summed E-state index contributed by atoms with van der Waals surface area (Å²) in [6, 6.07) is 5.23. The van der Waals surface area contributed by atoms with Crippen LogP contribution in [0.5, 0.6) is 17.2 Å². The number of benzene rings is 1. The average Bonchev–Trinajstić information content (AvgIpc) is 2.28. The summed E-state index contributed by atoms with van der Waals surface area (Å²) in [6.45, 7) is 1.68. The predicted octanol–water partition coefficient (Wildman–Crippen LogP) is 1.95. The largest absolute Gasteiger partial charge is 0.493 e. The lowest BCUT2D eigenvalue weighted by Gasteiger charge is -2.17. The van der Waals surface area contributed by atoms with Crippen LogP contribution in [0.4, 0.5) is 0 Å². The molecule has 0 aliphatic carbocycles. The number of aliphatic carboxylic acids is 1. The van der Waals surface area contributed by atoms with E-state index in [-0.39, 0.29) is 6.42 Å². The van der Waals surface area contributed by atoms with Crippen LogP contribution in [0.1, 0.15) is 13.3 Å². The lowest BCUT2D eigenvalue weighted by atomic mass is 10.2. The molecule has 0 aliphatic heterocycles. The minimum Gasteiger partial charge on any atom is -0.493 e. The Morgan fingerprint density at radius 1 is 1.29 bits per heavy atom. The second kappa shape index (κ2) is 5.98. The van der Waals surface area contributed by atoms with Gasteiger partial charge in [-0.2, -0.15) is 0 Å². The van der Waals surface area contributed by atoms with Crippen LogP contribution in [-0.4, -0.2) is 31.4 Å². The molecule has 17 heavy (non-hydrogen) atoms. The maximum absolute atomic E-state index is 10.6. The summed E-state index contributed by atoms with van der Waals surface area (Å²) < 4.78 is 15.8. The van der Waals surface area contributed by atoms with Gasteiger partial charge in [0, 0.05) is 0 Å². The van der Waals surface area contributed by atoms with Crippen LogP contribution in [0.15, 0.2) is 18.2 Å². The van der Waals surface area contributed by atoms with Crippen LogP contribution in [0.2, 0.25) is 0 Å². The van der Waals surface area contributed by atoms with Crippen LogP contribution in [0.25, 0.3) is 0 Å². The topological polar surface area (TPSA) is 65.0 Å². The number of hydrogen-bond acceptors (Lipinski definition) is 4. The van der Waals surface area contributed by atoms with Crippen molar-refractivity contribution in [1.29, 1.82) is 0 Å². The number of carbonyl (C=O) groups is 1. The van der Waals surface area contributed by atoms with E-state index in [1.54, 1.807) is 25.1 Å². The summed E-state index contributed by atoms with van der Waals surface area (Å²) >= 11 is 0. The molecule has 1 rings (SSSR count). The van der Waals surface area contributed by atoms with Crippen LogP contribution >= 0.6 is 0 Å². The highest BCUT2D eigenvalue weighted by molar-refractivity contribution is 5.67. The van der Waals surface area contributed by atoms with E-state index in [9.17, 15) is 4.79 Å². The van der Waals surface area contributed by atoms with Crippen molar-refractivity contribution in [3.05, 3.63) is 18.2 Å². The van der Waals surface area contributed by atoms with Gasteiger partial charge in [0.15, 0.2) is 11.5 Å². The number of methoxy groups -OCH3 is 2. The van der Waals surface area contributed by atoms with E-state index in [1.807, 2.05) is 0 Å². The van der Waals surface area contributed by atoms with Gasteiger partial charge in [0.2, 0.25) is 5.75 Å². The standard InChI is InChI=1S/C12H16O5/c1-8(7-11(13)14)17-12-9(15-2)5-4-6-10(12)16-3/h4-6,8H,7H2,1-3H3,(H,13,14)/t8-/m0/s1. The molecule has 0 spiro atoms. The fourth-order valence-corrected chi connectivity index (χ4v) is 1.42. The predicted molar refractivity (Wildman–Crippen MR) is 61.9 cm³/mol. The van der Waals surface area contributed by atoms with Gasteiger partial charge in [0.1, 0.15) is 6.10 Å². The van der Waals surface area contributed by atoms with Gasteiger partial charge in [-0.05, 0) is 19.1 Å². The Labute approximate surface area is 99.9 Å². The first-order valence-corrected chi connectivity index (χ1v) is 5.18. The SMILES string of the molecule is COc1cccc(OC)c1O[C@@H](C)CC(=O)O. The molecule has 1 N–H and O–H groups in total. The van der Waals surface area contributed by atoms with Crippen LogP contribution in [-0.2, 0) is 4.79 Å². The first-order valence-electron chi connectivity index (χ1n) is 5.18. The second-order valence-corrected chi connectivity index (χ2v) is 3.52. The summed E-state index contributed by atoms with van der Waals surface area (Å²) in [6.07, 6.45) is -0.543. The zero-order valence-electron chi connectivity index (χ0n) is 10.1. The minimum atomic E-state index is -0.911. The van der Waals surface area contributed by atoms with Gasteiger partial charge in [-0.1, -0.05) is 6.07 Å². The molecule has 0 saturated heterocycles. The van der Waals surface area contributed by atoms with Crippen molar-refractivity contribution in [2.75, 3.05) is 14.2 Å². The number of para-hydroxylation sites is 1. The molecule has 0 aliphatic rings. The van der Waals surface area contributed by atoms with E-state index in [0.717, 1.165) is 0 Å². The molecule has 1 aromatic carbocycles.